The Morgan fingerprint density at radius 3 is 2.50 bits per heavy atom. The number of aliphatic hydroxyl groups excluding tert-OH is 2. The SMILES string of the molecule is Cc1ccccc1C1CC(O)C(O)C1NCC(C)(C)O. The Bertz CT molecular complexity index is 455. The van der Waals surface area contributed by atoms with Crippen LogP contribution in [0.4, 0.5) is 0 Å². The fraction of sp³-hybridized carbons (Fsp3) is 0.625. The predicted molar refractivity (Wildman–Crippen MR) is 78.6 cm³/mol. The molecule has 4 heteroatoms. The Morgan fingerprint density at radius 2 is 1.90 bits per heavy atom. The topological polar surface area (TPSA) is 72.7 Å². The van der Waals surface area contributed by atoms with E-state index in [9.17, 15) is 15.3 Å². The highest BCUT2D eigenvalue weighted by molar-refractivity contribution is 5.32. The summed E-state index contributed by atoms with van der Waals surface area (Å²) in [5.41, 5.74) is 1.47. The Balaban J connectivity index is 2.20. The third kappa shape index (κ3) is 3.38. The zero-order valence-corrected chi connectivity index (χ0v) is 12.4. The molecule has 1 aliphatic carbocycles. The van der Waals surface area contributed by atoms with Gasteiger partial charge in [0.05, 0.1) is 17.8 Å². The van der Waals surface area contributed by atoms with E-state index >= 15 is 0 Å². The molecule has 0 bridgehead atoms. The smallest absolute Gasteiger partial charge is 0.0957 e. The van der Waals surface area contributed by atoms with Gasteiger partial charge in [0.15, 0.2) is 0 Å². The lowest BCUT2D eigenvalue weighted by molar-refractivity contribution is 0.0212. The van der Waals surface area contributed by atoms with Gasteiger partial charge in [-0.1, -0.05) is 24.3 Å². The van der Waals surface area contributed by atoms with Crippen molar-refractivity contribution in [2.75, 3.05) is 6.54 Å². The highest BCUT2D eigenvalue weighted by Crippen LogP contribution is 2.36. The van der Waals surface area contributed by atoms with Crippen LogP contribution in [0.5, 0.6) is 0 Å². The lowest BCUT2D eigenvalue weighted by atomic mass is 9.90. The monoisotopic (exact) mass is 279 g/mol. The maximum atomic E-state index is 10.2. The van der Waals surface area contributed by atoms with Crippen LogP contribution >= 0.6 is 0 Å². The number of hydrogen-bond donors (Lipinski definition) is 4. The van der Waals surface area contributed by atoms with E-state index in [-0.39, 0.29) is 12.0 Å². The van der Waals surface area contributed by atoms with Gasteiger partial charge >= 0.3 is 0 Å². The maximum absolute atomic E-state index is 10.2. The molecule has 4 atom stereocenters. The summed E-state index contributed by atoms with van der Waals surface area (Å²) in [5.74, 6) is 0.0588. The highest BCUT2D eigenvalue weighted by Gasteiger charge is 2.42. The van der Waals surface area contributed by atoms with Crippen molar-refractivity contribution in [2.24, 2.45) is 0 Å². The summed E-state index contributed by atoms with van der Waals surface area (Å²) in [6.45, 7) is 5.87. The molecular weight excluding hydrogens is 254 g/mol. The largest absolute Gasteiger partial charge is 0.390 e. The fourth-order valence-electron chi connectivity index (χ4n) is 2.98. The van der Waals surface area contributed by atoms with E-state index in [1.807, 2.05) is 31.2 Å². The predicted octanol–water partition coefficient (Wildman–Crippen LogP) is 0.933. The summed E-state index contributed by atoms with van der Waals surface area (Å²) in [7, 11) is 0. The van der Waals surface area contributed by atoms with E-state index in [1.165, 1.54) is 0 Å². The number of rotatable bonds is 4. The first kappa shape index (κ1) is 15.4. The van der Waals surface area contributed by atoms with Crippen molar-refractivity contribution in [2.45, 2.75) is 57.0 Å². The minimum absolute atomic E-state index is 0.0588. The average molecular weight is 279 g/mol. The van der Waals surface area contributed by atoms with Crippen LogP contribution in [0.2, 0.25) is 0 Å². The van der Waals surface area contributed by atoms with Crippen LogP contribution in [0.15, 0.2) is 24.3 Å². The summed E-state index contributed by atoms with van der Waals surface area (Å²) >= 11 is 0. The van der Waals surface area contributed by atoms with Crippen molar-refractivity contribution >= 4 is 0 Å². The molecule has 2 rings (SSSR count). The summed E-state index contributed by atoms with van der Waals surface area (Å²) < 4.78 is 0. The zero-order chi connectivity index (χ0) is 14.9. The Hall–Kier alpha value is -0.940. The molecule has 1 fully saturated rings. The van der Waals surface area contributed by atoms with Crippen LogP contribution in [0.25, 0.3) is 0 Å². The van der Waals surface area contributed by atoms with Crippen molar-refractivity contribution < 1.29 is 15.3 Å². The van der Waals surface area contributed by atoms with Gasteiger partial charge in [-0.2, -0.15) is 0 Å². The first-order valence-corrected chi connectivity index (χ1v) is 7.17. The third-order valence-electron chi connectivity index (χ3n) is 4.05. The van der Waals surface area contributed by atoms with Gasteiger partial charge in [-0.15, -0.1) is 0 Å². The summed E-state index contributed by atoms with van der Waals surface area (Å²) in [6.07, 6.45) is -0.990. The molecule has 4 unspecified atom stereocenters. The molecule has 4 N–H and O–H groups in total. The molecule has 0 heterocycles. The van der Waals surface area contributed by atoms with E-state index in [0.717, 1.165) is 11.1 Å². The molecule has 1 aliphatic rings. The molecule has 0 amide bonds. The Kier molecular flexibility index (Phi) is 4.49. The minimum Gasteiger partial charge on any atom is -0.390 e. The third-order valence-corrected chi connectivity index (χ3v) is 4.05. The zero-order valence-electron chi connectivity index (χ0n) is 12.4. The van der Waals surface area contributed by atoms with E-state index < -0.39 is 17.8 Å². The number of hydrogen-bond acceptors (Lipinski definition) is 4. The first-order chi connectivity index (χ1) is 9.29. The van der Waals surface area contributed by atoms with Gasteiger partial charge in [-0.05, 0) is 38.3 Å². The van der Waals surface area contributed by atoms with Gasteiger partial charge in [0.25, 0.3) is 0 Å². The second kappa shape index (κ2) is 5.82. The van der Waals surface area contributed by atoms with E-state index in [1.54, 1.807) is 13.8 Å². The van der Waals surface area contributed by atoms with Gasteiger partial charge in [0.1, 0.15) is 0 Å². The minimum atomic E-state index is -0.844. The van der Waals surface area contributed by atoms with Gasteiger partial charge in [-0.3, -0.25) is 0 Å². The van der Waals surface area contributed by atoms with Crippen LogP contribution in [0.1, 0.15) is 37.3 Å². The fourth-order valence-corrected chi connectivity index (χ4v) is 2.98. The second-order valence-corrected chi connectivity index (χ2v) is 6.48. The summed E-state index contributed by atoms with van der Waals surface area (Å²) in [5, 5.41) is 33.2. The van der Waals surface area contributed by atoms with Gasteiger partial charge in [0.2, 0.25) is 0 Å². The average Bonchev–Trinajstić information content (AvgIpc) is 2.63. The molecule has 0 spiro atoms. The second-order valence-electron chi connectivity index (χ2n) is 6.48. The molecule has 20 heavy (non-hydrogen) atoms. The molecule has 0 aromatic heterocycles. The van der Waals surface area contributed by atoms with Crippen molar-refractivity contribution in [1.82, 2.24) is 5.32 Å². The lowest BCUT2D eigenvalue weighted by Gasteiger charge is -2.28. The molecule has 1 aromatic carbocycles. The molecular formula is C16H25NO3. The Morgan fingerprint density at radius 1 is 1.25 bits per heavy atom. The number of benzene rings is 1. The van der Waals surface area contributed by atoms with E-state index in [0.29, 0.717) is 13.0 Å². The van der Waals surface area contributed by atoms with E-state index in [2.05, 4.69) is 5.32 Å². The van der Waals surface area contributed by atoms with Crippen LogP contribution in [0.3, 0.4) is 0 Å². The highest BCUT2D eigenvalue weighted by atomic mass is 16.3. The quantitative estimate of drug-likeness (QED) is 0.662. The first-order valence-electron chi connectivity index (χ1n) is 7.17. The summed E-state index contributed by atoms with van der Waals surface area (Å²) in [4.78, 5) is 0. The molecule has 0 aliphatic heterocycles. The molecule has 4 nitrogen and oxygen atoms in total. The standard InChI is InChI=1S/C16H25NO3/c1-10-6-4-5-7-11(10)12-8-13(18)15(19)14(12)17-9-16(2,3)20/h4-7,12-15,17-20H,8-9H2,1-3H3. The van der Waals surface area contributed by atoms with Crippen molar-refractivity contribution in [1.29, 1.82) is 0 Å². The molecule has 112 valence electrons. The number of aliphatic hydroxyl groups is 3. The number of aryl methyl sites for hydroxylation is 1. The molecule has 0 radical (unpaired) electrons. The van der Waals surface area contributed by atoms with Crippen molar-refractivity contribution in [3.05, 3.63) is 35.4 Å². The van der Waals surface area contributed by atoms with Crippen molar-refractivity contribution in [3.8, 4) is 0 Å². The van der Waals surface area contributed by atoms with E-state index in [4.69, 9.17) is 0 Å². The Labute approximate surface area is 120 Å². The maximum Gasteiger partial charge on any atom is 0.0957 e. The normalized spacial score (nSPS) is 30.7. The van der Waals surface area contributed by atoms with Gasteiger partial charge < -0.3 is 20.6 Å². The van der Waals surface area contributed by atoms with Gasteiger partial charge in [-0.25, -0.2) is 0 Å². The van der Waals surface area contributed by atoms with Crippen LogP contribution < -0.4 is 5.32 Å². The number of nitrogens with one attached hydrogen (secondary N) is 1. The van der Waals surface area contributed by atoms with Crippen LogP contribution in [0, 0.1) is 6.92 Å². The van der Waals surface area contributed by atoms with Crippen LogP contribution in [-0.4, -0.2) is 45.7 Å². The molecule has 0 saturated heterocycles. The van der Waals surface area contributed by atoms with Crippen molar-refractivity contribution in [3.63, 3.8) is 0 Å². The van der Waals surface area contributed by atoms with Crippen LogP contribution in [-0.2, 0) is 0 Å². The molecule has 1 saturated carbocycles. The summed E-state index contributed by atoms with van der Waals surface area (Å²) in [6, 6.07) is 7.81. The van der Waals surface area contributed by atoms with Gasteiger partial charge in [0, 0.05) is 18.5 Å². The molecule has 1 aromatic rings. The lowest BCUT2D eigenvalue weighted by Crippen LogP contribution is -2.47.